The zero-order valence-corrected chi connectivity index (χ0v) is 23.2. The van der Waals surface area contributed by atoms with E-state index in [1.807, 2.05) is 36.7 Å². The molecule has 1 N–H and O–H groups in total. The summed E-state index contributed by atoms with van der Waals surface area (Å²) in [6.45, 7) is 8.98. The molecule has 0 fully saturated rings. The molecule has 1 aromatic heterocycles. The molecule has 2 heterocycles. The molecule has 0 bridgehead atoms. The van der Waals surface area contributed by atoms with Crippen LogP contribution in [0.5, 0.6) is 11.5 Å². The highest BCUT2D eigenvalue weighted by Gasteiger charge is 2.26. The molecule has 1 aliphatic rings. The molecule has 37 heavy (non-hydrogen) atoms. The minimum absolute atomic E-state index is 0.0300. The summed E-state index contributed by atoms with van der Waals surface area (Å²) in [6.07, 6.45) is 8.34. The van der Waals surface area contributed by atoms with Crippen LogP contribution in [0.4, 0.5) is 5.69 Å². The Morgan fingerprint density at radius 2 is 1.89 bits per heavy atom. The third kappa shape index (κ3) is 7.29. The summed E-state index contributed by atoms with van der Waals surface area (Å²) in [6, 6.07) is 16.5. The number of fused-ring (bicyclic) bond motifs is 1. The van der Waals surface area contributed by atoms with E-state index in [1.54, 1.807) is 11.8 Å². The highest BCUT2D eigenvalue weighted by Crippen LogP contribution is 2.42. The number of pyridine rings is 1. The van der Waals surface area contributed by atoms with E-state index in [2.05, 4.69) is 62.3 Å². The number of nitrogens with zero attached hydrogens (tertiary/aromatic N) is 1. The molecule has 5 nitrogen and oxygen atoms in total. The molecule has 3 aromatic rings. The van der Waals surface area contributed by atoms with Crippen LogP contribution in [0.1, 0.15) is 82.4 Å². The second-order valence-electron chi connectivity index (χ2n) is 10.6. The molecule has 196 valence electrons. The Bertz CT molecular complexity index is 1190. The molecule has 0 spiro atoms. The summed E-state index contributed by atoms with van der Waals surface area (Å²) in [5, 5.41) is 3.28. The predicted octanol–water partition coefficient (Wildman–Crippen LogP) is 8.09. The number of thioether (sulfide) groups is 1. The number of carbonyl (C=O) groups is 1. The SMILES string of the molecule is CCCCCC(CC(=O)Nc1cc(CSc2ccncc2)ccc1C(C)(C)C)c1cccc2c1OCO2. The van der Waals surface area contributed by atoms with E-state index in [-0.39, 0.29) is 24.0 Å². The smallest absolute Gasteiger partial charge is 0.231 e. The number of para-hydroxylation sites is 1. The van der Waals surface area contributed by atoms with Gasteiger partial charge in [-0.25, -0.2) is 0 Å². The molecular weight excluding hydrogens is 480 g/mol. The Kier molecular flexibility index (Phi) is 9.14. The molecule has 1 amide bonds. The molecule has 4 rings (SSSR count). The minimum Gasteiger partial charge on any atom is -0.454 e. The highest BCUT2D eigenvalue weighted by atomic mass is 32.2. The van der Waals surface area contributed by atoms with Crippen LogP contribution in [-0.4, -0.2) is 17.7 Å². The molecule has 0 aliphatic carbocycles. The maximum atomic E-state index is 13.5. The van der Waals surface area contributed by atoms with Crippen LogP contribution in [0.25, 0.3) is 0 Å². The minimum atomic E-state index is -0.0919. The van der Waals surface area contributed by atoms with E-state index < -0.39 is 0 Å². The lowest BCUT2D eigenvalue weighted by Gasteiger charge is -2.25. The number of aromatic nitrogens is 1. The number of hydrogen-bond acceptors (Lipinski definition) is 5. The molecule has 0 saturated heterocycles. The van der Waals surface area contributed by atoms with Crippen molar-refractivity contribution in [2.45, 2.75) is 81.8 Å². The summed E-state index contributed by atoms with van der Waals surface area (Å²) >= 11 is 1.77. The highest BCUT2D eigenvalue weighted by molar-refractivity contribution is 7.98. The van der Waals surface area contributed by atoms with Crippen molar-refractivity contribution >= 4 is 23.4 Å². The topological polar surface area (TPSA) is 60.5 Å². The fourth-order valence-corrected chi connectivity index (χ4v) is 5.57. The number of amides is 1. The lowest BCUT2D eigenvalue weighted by atomic mass is 9.85. The zero-order chi connectivity index (χ0) is 26.3. The van der Waals surface area contributed by atoms with Gasteiger partial charge in [0.1, 0.15) is 0 Å². The van der Waals surface area contributed by atoms with Crippen molar-refractivity contribution in [2.75, 3.05) is 12.1 Å². The second kappa shape index (κ2) is 12.5. The molecule has 1 aliphatic heterocycles. The molecule has 2 aromatic carbocycles. The average molecular weight is 519 g/mol. The van der Waals surface area contributed by atoms with Gasteiger partial charge in [0.15, 0.2) is 11.5 Å². The average Bonchev–Trinajstić information content (AvgIpc) is 3.36. The van der Waals surface area contributed by atoms with Gasteiger partial charge in [-0.2, -0.15) is 0 Å². The van der Waals surface area contributed by atoms with Gasteiger partial charge in [0.05, 0.1) is 0 Å². The van der Waals surface area contributed by atoms with E-state index in [4.69, 9.17) is 9.47 Å². The van der Waals surface area contributed by atoms with Crippen molar-refractivity contribution in [3.8, 4) is 11.5 Å². The van der Waals surface area contributed by atoms with Crippen LogP contribution in [-0.2, 0) is 16.0 Å². The molecule has 6 heteroatoms. The number of anilines is 1. The summed E-state index contributed by atoms with van der Waals surface area (Å²) in [4.78, 5) is 18.8. The number of rotatable bonds is 11. The van der Waals surface area contributed by atoms with Gasteiger partial charge in [0.25, 0.3) is 0 Å². The van der Waals surface area contributed by atoms with Crippen LogP contribution < -0.4 is 14.8 Å². The summed E-state index contributed by atoms with van der Waals surface area (Å²) in [7, 11) is 0. The largest absolute Gasteiger partial charge is 0.454 e. The van der Waals surface area contributed by atoms with Crippen molar-refractivity contribution in [2.24, 2.45) is 0 Å². The van der Waals surface area contributed by atoms with Crippen LogP contribution in [0.3, 0.4) is 0 Å². The van der Waals surface area contributed by atoms with E-state index >= 15 is 0 Å². The molecule has 1 unspecified atom stereocenters. The van der Waals surface area contributed by atoms with Crippen molar-refractivity contribution in [3.63, 3.8) is 0 Å². The lowest BCUT2D eigenvalue weighted by Crippen LogP contribution is -2.20. The Morgan fingerprint density at radius 3 is 2.65 bits per heavy atom. The number of ether oxygens (including phenoxy) is 2. The maximum absolute atomic E-state index is 13.5. The van der Waals surface area contributed by atoms with Gasteiger partial charge < -0.3 is 14.8 Å². The molecule has 1 atom stereocenters. The monoisotopic (exact) mass is 518 g/mol. The first-order valence-electron chi connectivity index (χ1n) is 13.2. The van der Waals surface area contributed by atoms with E-state index in [0.717, 1.165) is 59.7 Å². The molecule has 0 radical (unpaired) electrons. The van der Waals surface area contributed by atoms with Gasteiger partial charge in [-0.05, 0) is 53.1 Å². The second-order valence-corrected chi connectivity index (χ2v) is 11.7. The fraction of sp³-hybridized carbons (Fsp3) is 0.419. The molecular formula is C31H38N2O3S. The normalized spacial score (nSPS) is 13.4. The first-order valence-corrected chi connectivity index (χ1v) is 14.2. The van der Waals surface area contributed by atoms with Crippen LogP contribution in [0.15, 0.2) is 65.8 Å². The Balaban J connectivity index is 1.53. The van der Waals surface area contributed by atoms with E-state index in [1.165, 1.54) is 10.5 Å². The molecule has 0 saturated carbocycles. The third-order valence-corrected chi connectivity index (χ3v) is 7.76. The van der Waals surface area contributed by atoms with Gasteiger partial charge in [-0.1, -0.05) is 71.2 Å². The first kappa shape index (κ1) is 27.1. The van der Waals surface area contributed by atoms with Crippen LogP contribution >= 0.6 is 11.8 Å². The number of nitrogens with one attached hydrogen (secondary N) is 1. The Hall–Kier alpha value is -2.99. The van der Waals surface area contributed by atoms with Gasteiger partial charge in [-0.15, -0.1) is 11.8 Å². The predicted molar refractivity (Wildman–Crippen MR) is 152 cm³/mol. The maximum Gasteiger partial charge on any atom is 0.231 e. The van der Waals surface area contributed by atoms with Crippen LogP contribution in [0, 0.1) is 0 Å². The number of carbonyl (C=O) groups excluding carboxylic acids is 1. The van der Waals surface area contributed by atoms with Gasteiger partial charge in [0, 0.05) is 40.7 Å². The van der Waals surface area contributed by atoms with Gasteiger partial charge in [0.2, 0.25) is 12.7 Å². The van der Waals surface area contributed by atoms with E-state index in [0.29, 0.717) is 6.42 Å². The Labute approximate surface area is 225 Å². The number of benzene rings is 2. The summed E-state index contributed by atoms with van der Waals surface area (Å²) < 4.78 is 11.4. The number of unbranched alkanes of at least 4 members (excludes halogenated alkanes) is 2. The Morgan fingerprint density at radius 1 is 1.08 bits per heavy atom. The third-order valence-electron chi connectivity index (χ3n) is 6.68. The first-order chi connectivity index (χ1) is 17.8. The lowest BCUT2D eigenvalue weighted by molar-refractivity contribution is -0.116. The van der Waals surface area contributed by atoms with E-state index in [9.17, 15) is 4.79 Å². The fourth-order valence-electron chi connectivity index (χ4n) is 4.75. The summed E-state index contributed by atoms with van der Waals surface area (Å²) in [5.74, 6) is 2.49. The van der Waals surface area contributed by atoms with Crippen molar-refractivity contribution in [1.82, 2.24) is 4.98 Å². The zero-order valence-electron chi connectivity index (χ0n) is 22.4. The quantitative estimate of drug-likeness (QED) is 0.205. The number of hydrogen-bond donors (Lipinski definition) is 1. The van der Waals surface area contributed by atoms with Gasteiger partial charge >= 0.3 is 0 Å². The van der Waals surface area contributed by atoms with Crippen molar-refractivity contribution < 1.29 is 14.3 Å². The van der Waals surface area contributed by atoms with Crippen molar-refractivity contribution in [1.29, 1.82) is 0 Å². The standard InChI is InChI=1S/C31H38N2O3S/c1-5-6-7-9-23(25-10-8-11-28-30(25)36-21-35-28)19-29(34)33-27-18-22(12-13-26(27)31(2,3)4)20-37-24-14-16-32-17-15-24/h8,10-18,23H,5-7,9,19-21H2,1-4H3,(H,33,34). The van der Waals surface area contributed by atoms with Crippen LogP contribution in [0.2, 0.25) is 0 Å². The van der Waals surface area contributed by atoms with Gasteiger partial charge in [-0.3, -0.25) is 9.78 Å². The summed E-state index contributed by atoms with van der Waals surface area (Å²) in [5.41, 5.74) is 4.19. The van der Waals surface area contributed by atoms with Crippen molar-refractivity contribution in [3.05, 3.63) is 77.6 Å².